The second-order valence-electron chi connectivity index (χ2n) is 8.46. The standard InChI is InChI=1S/C26H28N4O5/c1-4-33-20-9-10-22-21(15-20)17(2)24(34-22)26(31)30-13-11-29(12-14-30)16-23-27-25(28-35-23)18-5-7-19(32-3)8-6-18/h5-10,15H,4,11-14,16H2,1-3H3. The van der Waals surface area contributed by atoms with Gasteiger partial charge in [-0.15, -0.1) is 0 Å². The lowest BCUT2D eigenvalue weighted by atomic mass is 10.1. The van der Waals surface area contributed by atoms with Crippen molar-refractivity contribution in [3.05, 3.63) is 59.7 Å². The number of carbonyl (C=O) groups is 1. The molecule has 0 aliphatic carbocycles. The van der Waals surface area contributed by atoms with E-state index in [0.717, 1.165) is 28.0 Å². The predicted molar refractivity (Wildman–Crippen MR) is 130 cm³/mol. The number of hydrogen-bond donors (Lipinski definition) is 0. The number of piperazine rings is 1. The van der Waals surface area contributed by atoms with Gasteiger partial charge in [-0.2, -0.15) is 4.98 Å². The molecule has 9 heteroatoms. The molecule has 3 heterocycles. The average Bonchev–Trinajstić information content (AvgIpc) is 3.49. The molecule has 182 valence electrons. The zero-order valence-corrected chi connectivity index (χ0v) is 20.1. The maximum atomic E-state index is 13.2. The average molecular weight is 477 g/mol. The molecule has 1 amide bonds. The summed E-state index contributed by atoms with van der Waals surface area (Å²) in [6.07, 6.45) is 0. The molecule has 1 fully saturated rings. The number of amides is 1. The van der Waals surface area contributed by atoms with E-state index in [-0.39, 0.29) is 5.91 Å². The molecule has 0 bridgehead atoms. The molecule has 0 atom stereocenters. The summed E-state index contributed by atoms with van der Waals surface area (Å²) in [5.74, 6) is 2.95. The number of aromatic nitrogens is 2. The summed E-state index contributed by atoms with van der Waals surface area (Å²) < 4.78 is 22.2. The monoisotopic (exact) mass is 476 g/mol. The third-order valence-electron chi connectivity index (χ3n) is 6.25. The zero-order valence-electron chi connectivity index (χ0n) is 20.1. The van der Waals surface area contributed by atoms with Gasteiger partial charge in [-0.3, -0.25) is 9.69 Å². The largest absolute Gasteiger partial charge is 0.497 e. The highest BCUT2D eigenvalue weighted by atomic mass is 16.5. The Morgan fingerprint density at radius 2 is 1.80 bits per heavy atom. The minimum Gasteiger partial charge on any atom is -0.497 e. The van der Waals surface area contributed by atoms with Crippen molar-refractivity contribution in [1.82, 2.24) is 19.9 Å². The topological polar surface area (TPSA) is 94.1 Å². The predicted octanol–water partition coefficient (Wildman–Crippen LogP) is 4.16. The van der Waals surface area contributed by atoms with Crippen LogP contribution in [0, 0.1) is 6.92 Å². The van der Waals surface area contributed by atoms with E-state index < -0.39 is 0 Å². The first kappa shape index (κ1) is 22.9. The summed E-state index contributed by atoms with van der Waals surface area (Å²) in [7, 11) is 1.63. The van der Waals surface area contributed by atoms with Crippen LogP contribution >= 0.6 is 0 Å². The fraction of sp³-hybridized carbons (Fsp3) is 0.346. The van der Waals surface area contributed by atoms with Crippen LogP contribution in [0.1, 0.15) is 28.9 Å². The minimum absolute atomic E-state index is 0.0871. The Hall–Kier alpha value is -3.85. The van der Waals surface area contributed by atoms with Crippen molar-refractivity contribution < 1.29 is 23.2 Å². The lowest BCUT2D eigenvalue weighted by Crippen LogP contribution is -2.48. The van der Waals surface area contributed by atoms with E-state index in [4.69, 9.17) is 18.4 Å². The van der Waals surface area contributed by atoms with Gasteiger partial charge in [-0.05, 0) is 56.3 Å². The van der Waals surface area contributed by atoms with Crippen LogP contribution in [0.15, 0.2) is 51.4 Å². The number of aryl methyl sites for hydroxylation is 1. The molecule has 1 aliphatic heterocycles. The van der Waals surface area contributed by atoms with Gasteiger partial charge in [0.2, 0.25) is 11.7 Å². The second kappa shape index (κ2) is 9.79. The third-order valence-corrected chi connectivity index (χ3v) is 6.25. The van der Waals surface area contributed by atoms with Crippen LogP contribution in [0.25, 0.3) is 22.4 Å². The smallest absolute Gasteiger partial charge is 0.289 e. The van der Waals surface area contributed by atoms with Crippen molar-refractivity contribution in [3.8, 4) is 22.9 Å². The van der Waals surface area contributed by atoms with Crippen LogP contribution in [0.3, 0.4) is 0 Å². The molecule has 0 radical (unpaired) electrons. The molecule has 0 unspecified atom stereocenters. The zero-order chi connectivity index (χ0) is 24.4. The van der Waals surface area contributed by atoms with E-state index >= 15 is 0 Å². The van der Waals surface area contributed by atoms with Crippen LogP contribution in [-0.2, 0) is 6.54 Å². The number of benzene rings is 2. The summed E-state index contributed by atoms with van der Waals surface area (Å²) in [5.41, 5.74) is 2.40. The van der Waals surface area contributed by atoms with Crippen LogP contribution in [0.2, 0.25) is 0 Å². The maximum Gasteiger partial charge on any atom is 0.289 e. The fourth-order valence-corrected chi connectivity index (χ4v) is 4.28. The Labute approximate surface area is 203 Å². The minimum atomic E-state index is -0.0871. The van der Waals surface area contributed by atoms with Crippen molar-refractivity contribution in [2.45, 2.75) is 20.4 Å². The second-order valence-corrected chi connectivity index (χ2v) is 8.46. The maximum absolute atomic E-state index is 13.2. The first-order valence-electron chi connectivity index (χ1n) is 11.7. The van der Waals surface area contributed by atoms with Gasteiger partial charge in [0.1, 0.15) is 17.1 Å². The Bertz CT molecular complexity index is 1320. The fourth-order valence-electron chi connectivity index (χ4n) is 4.28. The molecule has 2 aromatic heterocycles. The Balaban J connectivity index is 1.20. The molecule has 1 aliphatic rings. The molecular weight excluding hydrogens is 448 g/mol. The summed E-state index contributed by atoms with van der Waals surface area (Å²) in [6, 6.07) is 13.2. The highest BCUT2D eigenvalue weighted by Crippen LogP contribution is 2.30. The highest BCUT2D eigenvalue weighted by Gasteiger charge is 2.27. The number of rotatable bonds is 7. The summed E-state index contributed by atoms with van der Waals surface area (Å²) in [6.45, 7) is 7.59. The van der Waals surface area contributed by atoms with Crippen molar-refractivity contribution in [1.29, 1.82) is 0 Å². The quantitative estimate of drug-likeness (QED) is 0.393. The van der Waals surface area contributed by atoms with Gasteiger partial charge in [0.05, 0.1) is 20.3 Å². The van der Waals surface area contributed by atoms with Crippen molar-refractivity contribution in [3.63, 3.8) is 0 Å². The van der Waals surface area contributed by atoms with Crippen LogP contribution in [0.4, 0.5) is 0 Å². The number of fused-ring (bicyclic) bond motifs is 1. The number of carbonyl (C=O) groups excluding carboxylic acids is 1. The van der Waals surface area contributed by atoms with Crippen LogP contribution < -0.4 is 9.47 Å². The Morgan fingerprint density at radius 1 is 1.06 bits per heavy atom. The number of methoxy groups -OCH3 is 1. The lowest BCUT2D eigenvalue weighted by molar-refractivity contribution is 0.0586. The third kappa shape index (κ3) is 4.72. The van der Waals surface area contributed by atoms with E-state index in [0.29, 0.717) is 62.4 Å². The van der Waals surface area contributed by atoms with Crippen LogP contribution in [-0.4, -0.2) is 65.7 Å². The first-order chi connectivity index (χ1) is 17.1. The lowest BCUT2D eigenvalue weighted by Gasteiger charge is -2.33. The summed E-state index contributed by atoms with van der Waals surface area (Å²) in [4.78, 5) is 21.8. The molecule has 4 aromatic rings. The Kier molecular flexibility index (Phi) is 6.41. The van der Waals surface area contributed by atoms with E-state index in [9.17, 15) is 4.79 Å². The van der Waals surface area contributed by atoms with Crippen LogP contribution in [0.5, 0.6) is 11.5 Å². The summed E-state index contributed by atoms with van der Waals surface area (Å²) in [5, 5.41) is 5.00. The molecule has 0 saturated carbocycles. The van der Waals surface area contributed by atoms with E-state index in [1.54, 1.807) is 7.11 Å². The van der Waals surface area contributed by atoms with E-state index in [1.807, 2.05) is 61.2 Å². The van der Waals surface area contributed by atoms with Crippen molar-refractivity contribution in [2.24, 2.45) is 0 Å². The molecule has 2 aromatic carbocycles. The Morgan fingerprint density at radius 3 is 2.51 bits per heavy atom. The molecule has 0 spiro atoms. The van der Waals surface area contributed by atoms with Gasteiger partial charge in [0.15, 0.2) is 5.76 Å². The van der Waals surface area contributed by atoms with Gasteiger partial charge in [-0.25, -0.2) is 0 Å². The number of hydrogen-bond acceptors (Lipinski definition) is 8. The number of ether oxygens (including phenoxy) is 2. The van der Waals surface area contributed by atoms with E-state index in [2.05, 4.69) is 15.0 Å². The molecule has 1 saturated heterocycles. The van der Waals surface area contributed by atoms with Gasteiger partial charge < -0.3 is 23.3 Å². The van der Waals surface area contributed by atoms with Gasteiger partial charge in [-0.1, -0.05) is 5.16 Å². The highest BCUT2D eigenvalue weighted by molar-refractivity contribution is 5.99. The molecular formula is C26H28N4O5. The molecule has 5 rings (SSSR count). The molecule has 0 N–H and O–H groups in total. The summed E-state index contributed by atoms with van der Waals surface area (Å²) >= 11 is 0. The van der Waals surface area contributed by atoms with Gasteiger partial charge >= 0.3 is 0 Å². The SMILES string of the molecule is CCOc1ccc2oc(C(=O)N3CCN(Cc4nc(-c5ccc(OC)cc5)no4)CC3)c(C)c2c1. The van der Waals surface area contributed by atoms with Gasteiger partial charge in [0, 0.05) is 42.7 Å². The molecule has 9 nitrogen and oxygen atoms in total. The van der Waals surface area contributed by atoms with Crippen molar-refractivity contribution in [2.75, 3.05) is 39.9 Å². The normalized spacial score (nSPS) is 14.4. The van der Waals surface area contributed by atoms with Gasteiger partial charge in [0.25, 0.3) is 5.91 Å². The van der Waals surface area contributed by atoms with E-state index in [1.165, 1.54) is 0 Å². The number of furan rings is 1. The first-order valence-corrected chi connectivity index (χ1v) is 11.7. The molecule has 35 heavy (non-hydrogen) atoms. The van der Waals surface area contributed by atoms with Crippen molar-refractivity contribution >= 4 is 16.9 Å². The number of nitrogens with zero attached hydrogens (tertiary/aromatic N) is 4.